The zero-order chi connectivity index (χ0) is 19.7. The number of methoxy groups -OCH3 is 2. The summed E-state index contributed by atoms with van der Waals surface area (Å²) in [5.74, 6) is 2.22. The Morgan fingerprint density at radius 1 is 1.27 bits per heavy atom. The summed E-state index contributed by atoms with van der Waals surface area (Å²) in [6.07, 6.45) is 0. The summed E-state index contributed by atoms with van der Waals surface area (Å²) in [7, 11) is 6.87. The standard InChI is InChI=1S/C19H32N4O3/c1-8-21-18(22-13-19(2,3)17(24)20-4)23(5)12-14-9-10-15(25-6)11-16(14)26-7/h9-11H,8,12-13H2,1-7H3,(H,20,24)(H,21,22). The Bertz CT molecular complexity index is 629. The number of hydrogen-bond acceptors (Lipinski definition) is 4. The molecule has 7 nitrogen and oxygen atoms in total. The third-order valence-corrected chi connectivity index (χ3v) is 4.06. The molecular formula is C19H32N4O3. The molecule has 0 aromatic heterocycles. The predicted molar refractivity (Wildman–Crippen MR) is 105 cm³/mol. The van der Waals surface area contributed by atoms with Crippen molar-refractivity contribution in [2.75, 3.05) is 41.4 Å². The molecule has 0 heterocycles. The lowest BCUT2D eigenvalue weighted by atomic mass is 9.93. The lowest BCUT2D eigenvalue weighted by Crippen LogP contribution is -2.41. The first kappa shape index (κ1) is 21.6. The molecule has 2 N–H and O–H groups in total. The fourth-order valence-electron chi connectivity index (χ4n) is 2.47. The van der Waals surface area contributed by atoms with Gasteiger partial charge in [0.1, 0.15) is 11.5 Å². The molecular weight excluding hydrogens is 332 g/mol. The van der Waals surface area contributed by atoms with Crippen LogP contribution in [-0.2, 0) is 11.3 Å². The van der Waals surface area contributed by atoms with E-state index in [4.69, 9.17) is 9.47 Å². The first-order valence-electron chi connectivity index (χ1n) is 8.71. The number of aliphatic imine (C=N–C) groups is 1. The van der Waals surface area contributed by atoms with Gasteiger partial charge in [0.15, 0.2) is 5.96 Å². The smallest absolute Gasteiger partial charge is 0.227 e. The Balaban J connectivity index is 2.97. The Morgan fingerprint density at radius 3 is 2.50 bits per heavy atom. The van der Waals surface area contributed by atoms with Crippen molar-refractivity contribution in [3.63, 3.8) is 0 Å². The molecule has 0 aliphatic heterocycles. The highest BCUT2D eigenvalue weighted by molar-refractivity contribution is 5.83. The molecule has 1 amide bonds. The monoisotopic (exact) mass is 364 g/mol. The molecule has 0 spiro atoms. The van der Waals surface area contributed by atoms with E-state index in [-0.39, 0.29) is 5.91 Å². The van der Waals surface area contributed by atoms with E-state index in [1.54, 1.807) is 21.3 Å². The van der Waals surface area contributed by atoms with Gasteiger partial charge in [-0.05, 0) is 32.9 Å². The molecule has 0 radical (unpaired) electrons. The van der Waals surface area contributed by atoms with E-state index in [2.05, 4.69) is 15.6 Å². The summed E-state index contributed by atoms with van der Waals surface area (Å²) in [4.78, 5) is 18.6. The Hall–Kier alpha value is -2.44. The van der Waals surface area contributed by atoms with Gasteiger partial charge in [0.2, 0.25) is 5.91 Å². The molecule has 0 saturated carbocycles. The topological polar surface area (TPSA) is 75.2 Å². The van der Waals surface area contributed by atoms with Crippen LogP contribution in [0.5, 0.6) is 11.5 Å². The van der Waals surface area contributed by atoms with Crippen molar-refractivity contribution in [3.8, 4) is 11.5 Å². The third-order valence-electron chi connectivity index (χ3n) is 4.06. The van der Waals surface area contributed by atoms with Crippen LogP contribution >= 0.6 is 0 Å². The second-order valence-corrected chi connectivity index (χ2v) is 6.67. The summed E-state index contributed by atoms with van der Waals surface area (Å²) < 4.78 is 10.7. The number of nitrogens with one attached hydrogen (secondary N) is 2. The van der Waals surface area contributed by atoms with Crippen LogP contribution in [0.25, 0.3) is 0 Å². The summed E-state index contributed by atoms with van der Waals surface area (Å²) in [5, 5.41) is 5.96. The number of carbonyl (C=O) groups excluding carboxylic acids is 1. The van der Waals surface area contributed by atoms with Gasteiger partial charge in [0, 0.05) is 38.8 Å². The van der Waals surface area contributed by atoms with Gasteiger partial charge in [-0.15, -0.1) is 0 Å². The van der Waals surface area contributed by atoms with Crippen LogP contribution in [0.2, 0.25) is 0 Å². The molecule has 1 aromatic rings. The molecule has 7 heteroatoms. The maximum absolute atomic E-state index is 12.0. The van der Waals surface area contributed by atoms with Crippen LogP contribution in [0.4, 0.5) is 0 Å². The maximum Gasteiger partial charge on any atom is 0.227 e. The lowest BCUT2D eigenvalue weighted by Gasteiger charge is -2.25. The van der Waals surface area contributed by atoms with Crippen LogP contribution in [0.15, 0.2) is 23.2 Å². The highest BCUT2D eigenvalue weighted by atomic mass is 16.5. The van der Waals surface area contributed by atoms with Crippen molar-refractivity contribution < 1.29 is 14.3 Å². The molecule has 0 fully saturated rings. The van der Waals surface area contributed by atoms with E-state index in [0.717, 1.165) is 29.6 Å². The van der Waals surface area contributed by atoms with E-state index in [0.29, 0.717) is 13.1 Å². The average Bonchev–Trinajstić information content (AvgIpc) is 2.64. The number of ether oxygens (including phenoxy) is 2. The molecule has 1 rings (SSSR count). The number of benzene rings is 1. The van der Waals surface area contributed by atoms with Crippen LogP contribution in [0.1, 0.15) is 26.3 Å². The van der Waals surface area contributed by atoms with Gasteiger partial charge in [0.05, 0.1) is 26.2 Å². The summed E-state index contributed by atoms with van der Waals surface area (Å²) in [5.41, 5.74) is 0.445. The first-order valence-corrected chi connectivity index (χ1v) is 8.71. The molecule has 0 atom stereocenters. The average molecular weight is 364 g/mol. The molecule has 0 aliphatic carbocycles. The van der Waals surface area contributed by atoms with Crippen molar-refractivity contribution in [2.24, 2.45) is 10.4 Å². The highest BCUT2D eigenvalue weighted by Crippen LogP contribution is 2.25. The van der Waals surface area contributed by atoms with Crippen molar-refractivity contribution >= 4 is 11.9 Å². The fraction of sp³-hybridized carbons (Fsp3) is 0.579. The number of guanidine groups is 1. The van der Waals surface area contributed by atoms with Gasteiger partial charge in [-0.3, -0.25) is 9.79 Å². The molecule has 0 bridgehead atoms. The minimum Gasteiger partial charge on any atom is -0.497 e. The minimum atomic E-state index is -0.575. The largest absolute Gasteiger partial charge is 0.497 e. The Labute approximate surface area is 156 Å². The molecule has 146 valence electrons. The fourth-order valence-corrected chi connectivity index (χ4v) is 2.47. The number of rotatable bonds is 8. The zero-order valence-electron chi connectivity index (χ0n) is 17.0. The van der Waals surface area contributed by atoms with Gasteiger partial charge in [-0.25, -0.2) is 0 Å². The van der Waals surface area contributed by atoms with Crippen LogP contribution in [-0.4, -0.2) is 58.2 Å². The second kappa shape index (κ2) is 9.89. The quantitative estimate of drug-likeness (QED) is 0.544. The third kappa shape index (κ3) is 5.82. The maximum atomic E-state index is 12.0. The number of nitrogens with zero attached hydrogens (tertiary/aromatic N) is 2. The summed E-state index contributed by atoms with van der Waals surface area (Å²) in [6.45, 7) is 7.51. The minimum absolute atomic E-state index is 0.0309. The Kier molecular flexibility index (Phi) is 8.22. The van der Waals surface area contributed by atoms with Gasteiger partial charge < -0.3 is 25.0 Å². The predicted octanol–water partition coefficient (Wildman–Crippen LogP) is 1.87. The molecule has 0 saturated heterocycles. The van der Waals surface area contributed by atoms with Gasteiger partial charge in [0.25, 0.3) is 0 Å². The van der Waals surface area contributed by atoms with E-state index < -0.39 is 5.41 Å². The first-order chi connectivity index (χ1) is 12.3. The molecule has 0 unspecified atom stereocenters. The summed E-state index contributed by atoms with van der Waals surface area (Å²) >= 11 is 0. The van der Waals surface area contributed by atoms with Gasteiger partial charge >= 0.3 is 0 Å². The van der Waals surface area contributed by atoms with E-state index in [9.17, 15) is 4.79 Å². The normalized spacial score (nSPS) is 11.7. The Morgan fingerprint density at radius 2 is 1.96 bits per heavy atom. The van der Waals surface area contributed by atoms with Crippen molar-refractivity contribution in [1.82, 2.24) is 15.5 Å². The lowest BCUT2D eigenvalue weighted by molar-refractivity contribution is -0.128. The van der Waals surface area contributed by atoms with Gasteiger partial charge in [-0.2, -0.15) is 0 Å². The second-order valence-electron chi connectivity index (χ2n) is 6.67. The molecule has 0 aliphatic rings. The van der Waals surface area contributed by atoms with Crippen LogP contribution < -0.4 is 20.1 Å². The SMILES string of the molecule is CCNC(=NCC(C)(C)C(=O)NC)N(C)Cc1ccc(OC)cc1OC. The van der Waals surface area contributed by atoms with Crippen LogP contribution in [0, 0.1) is 5.41 Å². The van der Waals surface area contributed by atoms with Crippen molar-refractivity contribution in [1.29, 1.82) is 0 Å². The molecule has 26 heavy (non-hydrogen) atoms. The van der Waals surface area contributed by atoms with Gasteiger partial charge in [-0.1, -0.05) is 0 Å². The van der Waals surface area contributed by atoms with E-state index in [1.807, 2.05) is 50.9 Å². The van der Waals surface area contributed by atoms with Crippen molar-refractivity contribution in [2.45, 2.75) is 27.3 Å². The summed E-state index contributed by atoms with van der Waals surface area (Å²) in [6, 6.07) is 5.75. The van der Waals surface area contributed by atoms with E-state index in [1.165, 1.54) is 0 Å². The van der Waals surface area contributed by atoms with E-state index >= 15 is 0 Å². The number of hydrogen-bond donors (Lipinski definition) is 2. The highest BCUT2D eigenvalue weighted by Gasteiger charge is 2.26. The van der Waals surface area contributed by atoms with Crippen molar-refractivity contribution in [3.05, 3.63) is 23.8 Å². The number of carbonyl (C=O) groups is 1. The molecule has 1 aromatic carbocycles. The number of amides is 1. The van der Waals surface area contributed by atoms with Crippen LogP contribution in [0.3, 0.4) is 0 Å². The zero-order valence-corrected chi connectivity index (χ0v) is 17.0.